The van der Waals surface area contributed by atoms with Gasteiger partial charge in [-0.2, -0.15) is 0 Å². The third-order valence-corrected chi connectivity index (χ3v) is 11.1. The number of fused-ring (bicyclic) bond motifs is 5. The van der Waals surface area contributed by atoms with Crippen molar-refractivity contribution in [3.05, 3.63) is 53.1 Å². The molecule has 6 rings (SSSR count). The summed E-state index contributed by atoms with van der Waals surface area (Å²) in [6, 6.07) is 12.1. The van der Waals surface area contributed by atoms with Gasteiger partial charge in [-0.1, -0.05) is 39.2 Å². The Balaban J connectivity index is 0.00000230. The molecule has 0 radical (unpaired) electrons. The summed E-state index contributed by atoms with van der Waals surface area (Å²) in [4.78, 5) is 32.1. The van der Waals surface area contributed by atoms with Crippen LogP contribution in [-0.2, 0) is 33.7 Å². The minimum atomic E-state index is -1.64. The number of hydrogen-bond donors (Lipinski definition) is 1. The van der Waals surface area contributed by atoms with Crippen molar-refractivity contribution in [2.45, 2.75) is 71.8 Å². The predicted octanol–water partition coefficient (Wildman–Crippen LogP) is 5.61. The Hall–Kier alpha value is -3.25. The van der Waals surface area contributed by atoms with Gasteiger partial charge in [0.1, 0.15) is 5.75 Å². The molecule has 49 heavy (non-hydrogen) atoms. The molecular weight excluding hydrogens is 639 g/mol. The molecule has 1 aromatic heterocycles. The second-order valence-corrected chi connectivity index (χ2v) is 14.7. The van der Waals surface area contributed by atoms with E-state index in [0.717, 1.165) is 65.9 Å². The van der Waals surface area contributed by atoms with Gasteiger partial charge in [0.15, 0.2) is 11.2 Å². The molecule has 1 saturated heterocycles. The lowest BCUT2D eigenvalue weighted by Gasteiger charge is -2.36. The lowest BCUT2D eigenvalue weighted by molar-refractivity contribution is -0.137. The van der Waals surface area contributed by atoms with Crippen molar-refractivity contribution >= 4 is 33.9 Å². The fourth-order valence-corrected chi connectivity index (χ4v) is 8.09. The van der Waals surface area contributed by atoms with Crippen molar-refractivity contribution < 1.29 is 23.3 Å². The zero-order chi connectivity index (χ0) is 35.1. The SMILES string of the molecule is CC.CCOCCN1CCN(C(=O)C2Cc3cc(OC)ccc3-c3c(C4CCCCC4)c4ccc(C(=O)NS(=O)N(C)C)cc4n3C2)CC1. The Morgan fingerprint density at radius 1 is 1.00 bits per heavy atom. The van der Waals surface area contributed by atoms with Crippen LogP contribution in [0.25, 0.3) is 22.2 Å². The first-order valence-electron chi connectivity index (χ1n) is 18.1. The Bertz CT molecular complexity index is 1620. The fourth-order valence-electron chi connectivity index (χ4n) is 7.63. The summed E-state index contributed by atoms with van der Waals surface area (Å²) in [5, 5.41) is 1.13. The van der Waals surface area contributed by atoms with E-state index >= 15 is 0 Å². The van der Waals surface area contributed by atoms with Gasteiger partial charge in [-0.15, -0.1) is 0 Å². The van der Waals surface area contributed by atoms with Crippen molar-refractivity contribution in [3.8, 4) is 17.0 Å². The zero-order valence-corrected chi connectivity index (χ0v) is 31.1. The van der Waals surface area contributed by atoms with Crippen LogP contribution in [0.1, 0.15) is 80.3 Å². The summed E-state index contributed by atoms with van der Waals surface area (Å²) in [5.74, 6) is 0.699. The average molecular weight is 694 g/mol. The molecule has 3 aliphatic rings. The van der Waals surface area contributed by atoms with Gasteiger partial charge < -0.3 is 18.9 Å². The lowest BCUT2D eigenvalue weighted by Crippen LogP contribution is -2.51. The number of aromatic nitrogens is 1. The summed E-state index contributed by atoms with van der Waals surface area (Å²) < 4.78 is 30.1. The van der Waals surface area contributed by atoms with Crippen LogP contribution in [0.5, 0.6) is 5.75 Å². The second-order valence-electron chi connectivity index (χ2n) is 13.2. The van der Waals surface area contributed by atoms with Crippen LogP contribution in [0.15, 0.2) is 36.4 Å². The number of benzene rings is 2. The van der Waals surface area contributed by atoms with E-state index in [1.807, 2.05) is 43.9 Å². The molecule has 0 bridgehead atoms. The standard InChI is InChI=1S/C36H49N5O5S.C2H6/c1-5-46-20-19-39-15-17-40(18-16-39)36(43)28-21-27-22-29(45-4)12-14-30(27)34-33(25-9-7-6-8-10-25)31-13-11-26(23-32(31)41(34)24-28)35(42)37-47(44)38(2)3;1-2/h11-14,22-23,25,28H,5-10,15-21,24H2,1-4H3,(H,37,42);1-2H3. The van der Waals surface area contributed by atoms with Gasteiger partial charge in [-0.3, -0.25) is 19.2 Å². The van der Waals surface area contributed by atoms with Crippen molar-refractivity contribution in [2.75, 3.05) is 67.1 Å². The quantitative estimate of drug-likeness (QED) is 0.278. The number of nitrogens with one attached hydrogen (secondary N) is 1. The second kappa shape index (κ2) is 17.1. The summed E-state index contributed by atoms with van der Waals surface area (Å²) in [6.45, 7) is 11.9. The molecule has 1 N–H and O–H groups in total. The number of carbonyl (C=O) groups is 2. The van der Waals surface area contributed by atoms with Gasteiger partial charge in [0.2, 0.25) is 5.91 Å². The minimum Gasteiger partial charge on any atom is -0.497 e. The number of carbonyl (C=O) groups excluding carboxylic acids is 2. The Kier molecular flexibility index (Phi) is 12.9. The Morgan fingerprint density at radius 3 is 2.41 bits per heavy atom. The van der Waals surface area contributed by atoms with Crippen LogP contribution in [0.2, 0.25) is 0 Å². The molecule has 3 aromatic rings. The van der Waals surface area contributed by atoms with E-state index in [4.69, 9.17) is 9.47 Å². The van der Waals surface area contributed by atoms with Gasteiger partial charge in [-0.05, 0) is 73.6 Å². The van der Waals surface area contributed by atoms with Crippen LogP contribution in [0.3, 0.4) is 0 Å². The Morgan fingerprint density at radius 2 is 1.73 bits per heavy atom. The minimum absolute atomic E-state index is 0.174. The average Bonchev–Trinajstić information content (AvgIpc) is 3.34. The van der Waals surface area contributed by atoms with Crippen LogP contribution in [0, 0.1) is 5.92 Å². The van der Waals surface area contributed by atoms with E-state index in [-0.39, 0.29) is 17.7 Å². The Labute approximate surface area is 294 Å². The van der Waals surface area contributed by atoms with E-state index in [9.17, 15) is 13.8 Å². The highest BCUT2D eigenvalue weighted by molar-refractivity contribution is 7.81. The van der Waals surface area contributed by atoms with E-state index in [1.54, 1.807) is 21.2 Å². The first kappa shape index (κ1) is 37.0. The number of amides is 2. The van der Waals surface area contributed by atoms with Gasteiger partial charge >= 0.3 is 0 Å². The molecule has 11 heteroatoms. The summed E-state index contributed by atoms with van der Waals surface area (Å²) in [7, 11) is 5.01. The number of methoxy groups -OCH3 is 1. The van der Waals surface area contributed by atoms with Crippen molar-refractivity contribution in [3.63, 3.8) is 0 Å². The maximum Gasteiger partial charge on any atom is 0.264 e. The number of piperazine rings is 1. The molecule has 3 heterocycles. The topological polar surface area (TPSA) is 96.3 Å². The van der Waals surface area contributed by atoms with Gasteiger partial charge in [-0.25, -0.2) is 8.51 Å². The van der Waals surface area contributed by atoms with E-state index in [2.05, 4.69) is 32.4 Å². The number of ether oxygens (including phenoxy) is 2. The normalized spacial score (nSPS) is 19.0. The lowest BCUT2D eigenvalue weighted by atomic mass is 9.81. The largest absolute Gasteiger partial charge is 0.497 e. The highest BCUT2D eigenvalue weighted by atomic mass is 32.2. The molecule has 2 aromatic carbocycles. The first-order chi connectivity index (χ1) is 23.8. The molecule has 10 nitrogen and oxygen atoms in total. The van der Waals surface area contributed by atoms with Crippen LogP contribution >= 0.6 is 0 Å². The molecule has 2 amide bonds. The number of nitrogens with zero attached hydrogens (tertiary/aromatic N) is 4. The highest BCUT2D eigenvalue weighted by Crippen LogP contribution is 2.47. The predicted molar refractivity (Wildman–Crippen MR) is 197 cm³/mol. The van der Waals surface area contributed by atoms with Crippen LogP contribution < -0.4 is 9.46 Å². The molecule has 268 valence electrons. The third-order valence-electron chi connectivity index (χ3n) is 10.1. The molecule has 2 unspecified atom stereocenters. The molecule has 0 spiro atoms. The summed E-state index contributed by atoms with van der Waals surface area (Å²) in [5.41, 5.74) is 6.15. The zero-order valence-electron chi connectivity index (χ0n) is 30.3. The maximum atomic E-state index is 14.4. The monoisotopic (exact) mass is 693 g/mol. The third kappa shape index (κ3) is 8.22. The van der Waals surface area contributed by atoms with Crippen molar-refractivity contribution in [1.29, 1.82) is 0 Å². The van der Waals surface area contributed by atoms with E-state index in [0.29, 0.717) is 50.8 Å². The van der Waals surface area contributed by atoms with E-state index < -0.39 is 11.2 Å². The summed E-state index contributed by atoms with van der Waals surface area (Å²) in [6.07, 6.45) is 6.50. The van der Waals surface area contributed by atoms with Crippen LogP contribution in [0.4, 0.5) is 0 Å². The number of hydrogen-bond acceptors (Lipinski definition) is 6. The molecule has 2 aliphatic heterocycles. The molecule has 2 fully saturated rings. The highest BCUT2D eigenvalue weighted by Gasteiger charge is 2.35. The molecule has 1 aliphatic carbocycles. The fraction of sp³-hybridized carbons (Fsp3) is 0.579. The molecule has 1 saturated carbocycles. The van der Waals surface area contributed by atoms with Crippen molar-refractivity contribution in [2.24, 2.45) is 5.92 Å². The van der Waals surface area contributed by atoms with Crippen LogP contribution in [-0.4, -0.2) is 102 Å². The molecular formula is C38H55N5O5S. The summed E-state index contributed by atoms with van der Waals surface area (Å²) >= 11 is -1.64. The molecule has 2 atom stereocenters. The van der Waals surface area contributed by atoms with Gasteiger partial charge in [0.25, 0.3) is 5.91 Å². The smallest absolute Gasteiger partial charge is 0.264 e. The van der Waals surface area contributed by atoms with Gasteiger partial charge in [0, 0.05) is 82.0 Å². The van der Waals surface area contributed by atoms with Crippen molar-refractivity contribution in [1.82, 2.24) is 23.4 Å². The van der Waals surface area contributed by atoms with E-state index in [1.165, 1.54) is 29.1 Å². The number of rotatable bonds is 10. The van der Waals surface area contributed by atoms with Gasteiger partial charge in [0.05, 0.1) is 25.3 Å². The maximum absolute atomic E-state index is 14.4. The first-order valence-corrected chi connectivity index (χ1v) is 19.2.